The Hall–Kier alpha value is -0.660. The molecule has 4 heteroatoms. The lowest BCUT2D eigenvalue weighted by molar-refractivity contribution is 0.475. The van der Waals surface area contributed by atoms with Gasteiger partial charge in [0, 0.05) is 21.5 Å². The summed E-state index contributed by atoms with van der Waals surface area (Å²) in [6, 6.07) is 8.43. The van der Waals surface area contributed by atoms with Crippen LogP contribution in [0.2, 0.25) is 0 Å². The van der Waals surface area contributed by atoms with Crippen molar-refractivity contribution in [1.29, 1.82) is 5.26 Å². The molecular weight excluding hydrogens is 308 g/mol. The van der Waals surface area contributed by atoms with E-state index in [1.165, 1.54) is 25.7 Å². The molecule has 1 aliphatic rings. The van der Waals surface area contributed by atoms with Gasteiger partial charge >= 0.3 is 0 Å². The average molecular weight is 325 g/mol. The molecule has 18 heavy (non-hydrogen) atoms. The molecule has 0 aliphatic heterocycles. The van der Waals surface area contributed by atoms with Crippen molar-refractivity contribution in [3.05, 3.63) is 28.2 Å². The summed E-state index contributed by atoms with van der Waals surface area (Å²) in [6.45, 7) is 0. The second kappa shape index (κ2) is 6.49. The summed E-state index contributed by atoms with van der Waals surface area (Å²) in [5.74, 6) is 0. The summed E-state index contributed by atoms with van der Waals surface area (Å²) in [7, 11) is 0. The molecule has 1 saturated carbocycles. The Bertz CT molecular complexity index is 456. The van der Waals surface area contributed by atoms with Gasteiger partial charge < -0.3 is 5.32 Å². The Morgan fingerprint density at radius 1 is 1.39 bits per heavy atom. The van der Waals surface area contributed by atoms with Gasteiger partial charge in [-0.2, -0.15) is 17.0 Å². The number of nitrogens with one attached hydrogen (secondary N) is 1. The van der Waals surface area contributed by atoms with Crippen molar-refractivity contribution in [3.8, 4) is 6.07 Å². The predicted molar refractivity (Wildman–Crippen MR) is 82.0 cm³/mol. The van der Waals surface area contributed by atoms with E-state index in [2.05, 4.69) is 33.6 Å². The maximum Gasteiger partial charge on any atom is 0.0992 e. The molecule has 2 atom stereocenters. The van der Waals surface area contributed by atoms with Gasteiger partial charge in [0.15, 0.2) is 0 Å². The van der Waals surface area contributed by atoms with Crippen LogP contribution < -0.4 is 5.32 Å². The Labute approximate surface area is 121 Å². The topological polar surface area (TPSA) is 35.8 Å². The summed E-state index contributed by atoms with van der Waals surface area (Å²) in [5, 5.41) is 13.2. The summed E-state index contributed by atoms with van der Waals surface area (Å²) in [5.41, 5.74) is 1.79. The van der Waals surface area contributed by atoms with Crippen LogP contribution in [0.25, 0.3) is 0 Å². The van der Waals surface area contributed by atoms with E-state index in [9.17, 15) is 0 Å². The first kappa shape index (κ1) is 13.8. The molecule has 96 valence electrons. The van der Waals surface area contributed by atoms with Gasteiger partial charge in [0.25, 0.3) is 0 Å². The van der Waals surface area contributed by atoms with Crippen molar-refractivity contribution in [2.75, 3.05) is 11.6 Å². The minimum atomic E-state index is 0.540. The molecule has 0 aromatic heterocycles. The molecule has 1 aromatic carbocycles. The van der Waals surface area contributed by atoms with Crippen LogP contribution in [0.1, 0.15) is 31.2 Å². The van der Waals surface area contributed by atoms with Crippen molar-refractivity contribution in [3.63, 3.8) is 0 Å². The third-order valence-electron chi connectivity index (χ3n) is 3.44. The zero-order valence-corrected chi connectivity index (χ0v) is 12.9. The van der Waals surface area contributed by atoms with E-state index in [1.54, 1.807) is 0 Å². The van der Waals surface area contributed by atoms with Crippen LogP contribution in [0.15, 0.2) is 22.7 Å². The molecule has 0 heterocycles. The normalized spacial score (nSPS) is 23.4. The minimum absolute atomic E-state index is 0.540. The van der Waals surface area contributed by atoms with Crippen molar-refractivity contribution < 1.29 is 0 Å². The van der Waals surface area contributed by atoms with E-state index in [0.29, 0.717) is 16.9 Å². The number of benzene rings is 1. The number of hydrogen-bond acceptors (Lipinski definition) is 3. The number of rotatable bonds is 3. The summed E-state index contributed by atoms with van der Waals surface area (Å²) in [6.07, 6.45) is 7.38. The van der Waals surface area contributed by atoms with Crippen molar-refractivity contribution in [2.45, 2.75) is 37.0 Å². The van der Waals surface area contributed by atoms with Crippen molar-refractivity contribution >= 4 is 33.4 Å². The molecule has 0 bridgehead atoms. The van der Waals surface area contributed by atoms with Crippen molar-refractivity contribution in [2.24, 2.45) is 0 Å². The SMILES string of the molecule is CSC1CCCCC1Nc1ccc(C#N)cc1Br. The molecule has 0 radical (unpaired) electrons. The summed E-state index contributed by atoms with van der Waals surface area (Å²) in [4.78, 5) is 0. The Morgan fingerprint density at radius 3 is 2.83 bits per heavy atom. The van der Waals surface area contributed by atoms with E-state index in [1.807, 2.05) is 30.0 Å². The van der Waals surface area contributed by atoms with Crippen LogP contribution in [0.4, 0.5) is 5.69 Å². The van der Waals surface area contributed by atoms with E-state index >= 15 is 0 Å². The van der Waals surface area contributed by atoms with Crippen LogP contribution in [0.3, 0.4) is 0 Å². The lowest BCUT2D eigenvalue weighted by atomic mass is 9.94. The first-order valence-electron chi connectivity index (χ1n) is 6.23. The van der Waals surface area contributed by atoms with E-state index < -0.39 is 0 Å². The average Bonchev–Trinajstić information content (AvgIpc) is 2.41. The Balaban J connectivity index is 2.10. The third-order valence-corrected chi connectivity index (χ3v) is 5.27. The smallest absolute Gasteiger partial charge is 0.0992 e. The Morgan fingerprint density at radius 2 is 2.17 bits per heavy atom. The van der Waals surface area contributed by atoms with Gasteiger partial charge in [-0.3, -0.25) is 0 Å². The molecule has 1 aliphatic carbocycles. The van der Waals surface area contributed by atoms with Crippen LogP contribution in [-0.2, 0) is 0 Å². The van der Waals surface area contributed by atoms with Gasteiger partial charge in [0.2, 0.25) is 0 Å². The quantitative estimate of drug-likeness (QED) is 0.894. The van der Waals surface area contributed by atoms with Gasteiger partial charge in [-0.05, 0) is 53.2 Å². The van der Waals surface area contributed by atoms with Gasteiger partial charge in [-0.25, -0.2) is 0 Å². The minimum Gasteiger partial charge on any atom is -0.380 e. The highest BCUT2D eigenvalue weighted by Crippen LogP contribution is 2.32. The second-order valence-electron chi connectivity index (χ2n) is 4.62. The monoisotopic (exact) mass is 324 g/mol. The number of nitriles is 1. The number of anilines is 1. The maximum atomic E-state index is 8.86. The highest BCUT2D eigenvalue weighted by atomic mass is 79.9. The van der Waals surface area contributed by atoms with Gasteiger partial charge in [0.05, 0.1) is 11.6 Å². The highest BCUT2D eigenvalue weighted by Gasteiger charge is 2.24. The standard InChI is InChI=1S/C14H17BrN2S/c1-18-14-5-3-2-4-13(14)17-12-7-6-10(9-16)8-11(12)15/h6-8,13-14,17H,2-5H2,1H3. The van der Waals surface area contributed by atoms with Crippen LogP contribution in [0.5, 0.6) is 0 Å². The number of halogens is 1. The lowest BCUT2D eigenvalue weighted by Crippen LogP contribution is -2.34. The maximum absolute atomic E-state index is 8.86. The first-order chi connectivity index (χ1) is 8.74. The number of hydrogen-bond donors (Lipinski definition) is 1. The molecular formula is C14H17BrN2S. The molecule has 1 fully saturated rings. The van der Waals surface area contributed by atoms with E-state index in [0.717, 1.165) is 10.2 Å². The van der Waals surface area contributed by atoms with E-state index in [-0.39, 0.29) is 0 Å². The van der Waals surface area contributed by atoms with Crippen molar-refractivity contribution in [1.82, 2.24) is 0 Å². The lowest BCUT2D eigenvalue weighted by Gasteiger charge is -2.32. The van der Waals surface area contributed by atoms with E-state index in [4.69, 9.17) is 5.26 Å². The molecule has 0 saturated heterocycles. The van der Waals surface area contributed by atoms with Gasteiger partial charge in [-0.15, -0.1) is 0 Å². The molecule has 0 spiro atoms. The molecule has 0 amide bonds. The van der Waals surface area contributed by atoms with Crippen LogP contribution in [-0.4, -0.2) is 17.5 Å². The van der Waals surface area contributed by atoms with Crippen LogP contribution in [0, 0.1) is 11.3 Å². The molecule has 2 unspecified atom stereocenters. The molecule has 2 rings (SSSR count). The molecule has 1 N–H and O–H groups in total. The molecule has 1 aromatic rings. The number of thioether (sulfide) groups is 1. The fraction of sp³-hybridized carbons (Fsp3) is 0.500. The largest absolute Gasteiger partial charge is 0.380 e. The second-order valence-corrected chi connectivity index (χ2v) is 6.55. The highest BCUT2D eigenvalue weighted by molar-refractivity contribution is 9.10. The Kier molecular flexibility index (Phi) is 4.96. The zero-order valence-electron chi connectivity index (χ0n) is 10.4. The fourth-order valence-electron chi connectivity index (χ4n) is 2.45. The van der Waals surface area contributed by atoms with Gasteiger partial charge in [-0.1, -0.05) is 12.8 Å². The third kappa shape index (κ3) is 3.21. The fourth-order valence-corrected chi connectivity index (χ4v) is 3.87. The summed E-state index contributed by atoms with van der Waals surface area (Å²) >= 11 is 5.49. The van der Waals surface area contributed by atoms with Gasteiger partial charge in [0.1, 0.15) is 0 Å². The molecule has 2 nitrogen and oxygen atoms in total. The predicted octanol–water partition coefficient (Wildman–Crippen LogP) is 4.41. The summed E-state index contributed by atoms with van der Waals surface area (Å²) < 4.78 is 0.979. The number of nitrogens with zero attached hydrogens (tertiary/aromatic N) is 1. The first-order valence-corrected chi connectivity index (χ1v) is 8.31. The van der Waals surface area contributed by atoms with Crippen LogP contribution >= 0.6 is 27.7 Å². The zero-order chi connectivity index (χ0) is 13.0.